The molecule has 3 aromatic rings. The lowest BCUT2D eigenvalue weighted by Gasteiger charge is -2.15. The van der Waals surface area contributed by atoms with E-state index in [-0.39, 0.29) is 19.1 Å². The molecule has 1 amide bonds. The number of methoxy groups -OCH3 is 1. The summed E-state index contributed by atoms with van der Waals surface area (Å²) in [6.45, 7) is 8.15. The number of pyridine rings is 1. The van der Waals surface area contributed by atoms with E-state index in [1.54, 1.807) is 25.5 Å². The molecule has 0 radical (unpaired) electrons. The van der Waals surface area contributed by atoms with Crippen molar-refractivity contribution in [3.05, 3.63) is 72.8 Å². The van der Waals surface area contributed by atoms with Gasteiger partial charge in [0.05, 0.1) is 29.6 Å². The lowest BCUT2D eigenvalue weighted by atomic mass is 10.1. The molecular formula is C28H29Br2N5O4. The second-order valence-electron chi connectivity index (χ2n) is 8.58. The summed E-state index contributed by atoms with van der Waals surface area (Å²) in [6, 6.07) is 11.4. The number of carbonyl (C=O) groups excluding carboxylic acids is 1. The summed E-state index contributed by atoms with van der Waals surface area (Å²) >= 11 is 7.00. The standard InChI is InChI=1S/C28H29Br2N5O4/c1-6-38-25-11-19(13-32-35-28-21(12-31)20(14-37-5)9-18(4)33-28)10-23(30)27(25)39-15-26(36)34-24-8-17(3)16(2)7-22(24)29/h7-11,13H,6,14-15H2,1-5H3,(H,33,35)(H,34,36)/b32-13+. The molecule has 0 fully saturated rings. The van der Waals surface area contributed by atoms with Gasteiger partial charge in [-0.25, -0.2) is 4.98 Å². The van der Waals surface area contributed by atoms with Crippen LogP contribution in [-0.2, 0) is 16.1 Å². The number of hydrogen-bond acceptors (Lipinski definition) is 8. The van der Waals surface area contributed by atoms with Gasteiger partial charge in [-0.15, -0.1) is 0 Å². The normalized spacial score (nSPS) is 10.8. The highest BCUT2D eigenvalue weighted by Crippen LogP contribution is 2.37. The minimum atomic E-state index is -0.310. The number of ether oxygens (including phenoxy) is 3. The lowest BCUT2D eigenvalue weighted by molar-refractivity contribution is -0.118. The highest BCUT2D eigenvalue weighted by molar-refractivity contribution is 9.11. The Morgan fingerprint density at radius 3 is 2.54 bits per heavy atom. The maximum atomic E-state index is 12.6. The van der Waals surface area contributed by atoms with Crippen LogP contribution in [0.5, 0.6) is 11.5 Å². The minimum absolute atomic E-state index is 0.215. The van der Waals surface area contributed by atoms with E-state index < -0.39 is 0 Å². The molecule has 0 saturated heterocycles. The summed E-state index contributed by atoms with van der Waals surface area (Å²) < 4.78 is 18.2. The molecule has 3 rings (SSSR count). The zero-order valence-electron chi connectivity index (χ0n) is 22.3. The van der Waals surface area contributed by atoms with Crippen LogP contribution in [0, 0.1) is 32.1 Å². The molecule has 2 aromatic carbocycles. The molecule has 39 heavy (non-hydrogen) atoms. The van der Waals surface area contributed by atoms with E-state index in [0.29, 0.717) is 45.2 Å². The quantitative estimate of drug-likeness (QED) is 0.181. The third-order valence-electron chi connectivity index (χ3n) is 5.56. The summed E-state index contributed by atoms with van der Waals surface area (Å²) in [5.74, 6) is 0.871. The SMILES string of the molecule is CCOc1cc(/C=N/Nc2nc(C)cc(COC)c2C#N)cc(Br)c1OCC(=O)Nc1cc(C)c(C)cc1Br. The Kier molecular flexibility index (Phi) is 10.9. The van der Waals surface area contributed by atoms with Crippen molar-refractivity contribution in [2.45, 2.75) is 34.3 Å². The van der Waals surface area contributed by atoms with Crippen LogP contribution < -0.4 is 20.2 Å². The fourth-order valence-electron chi connectivity index (χ4n) is 3.65. The molecule has 0 spiro atoms. The average Bonchev–Trinajstić information content (AvgIpc) is 2.87. The van der Waals surface area contributed by atoms with Crippen LogP contribution in [0.15, 0.2) is 44.4 Å². The van der Waals surface area contributed by atoms with Gasteiger partial charge < -0.3 is 19.5 Å². The Hall–Kier alpha value is -3.46. The fourth-order valence-corrected chi connectivity index (χ4v) is 4.78. The van der Waals surface area contributed by atoms with E-state index in [0.717, 1.165) is 26.9 Å². The first-order valence-electron chi connectivity index (χ1n) is 12.0. The van der Waals surface area contributed by atoms with E-state index in [4.69, 9.17) is 14.2 Å². The maximum Gasteiger partial charge on any atom is 0.262 e. The number of benzene rings is 2. The molecule has 1 aromatic heterocycles. The highest BCUT2D eigenvalue weighted by atomic mass is 79.9. The molecule has 0 bridgehead atoms. The molecule has 0 saturated carbocycles. The molecule has 204 valence electrons. The van der Waals surface area contributed by atoms with E-state index >= 15 is 0 Å². The Morgan fingerprint density at radius 1 is 1.10 bits per heavy atom. The van der Waals surface area contributed by atoms with Crippen molar-refractivity contribution in [3.63, 3.8) is 0 Å². The zero-order valence-corrected chi connectivity index (χ0v) is 25.5. The summed E-state index contributed by atoms with van der Waals surface area (Å²) in [7, 11) is 1.57. The molecule has 9 nitrogen and oxygen atoms in total. The van der Waals surface area contributed by atoms with Gasteiger partial charge in [0.15, 0.2) is 23.9 Å². The molecule has 2 N–H and O–H groups in total. The second kappa shape index (κ2) is 14.1. The minimum Gasteiger partial charge on any atom is -0.490 e. The average molecular weight is 659 g/mol. The van der Waals surface area contributed by atoms with Crippen LogP contribution in [0.1, 0.15) is 40.4 Å². The molecular weight excluding hydrogens is 630 g/mol. The monoisotopic (exact) mass is 657 g/mol. The topological polar surface area (TPSA) is 118 Å². The van der Waals surface area contributed by atoms with E-state index in [1.165, 1.54) is 0 Å². The third kappa shape index (κ3) is 8.02. The highest BCUT2D eigenvalue weighted by Gasteiger charge is 2.15. The van der Waals surface area contributed by atoms with Gasteiger partial charge in [0.2, 0.25) is 0 Å². The van der Waals surface area contributed by atoms with Crippen molar-refractivity contribution < 1.29 is 19.0 Å². The van der Waals surface area contributed by atoms with Crippen molar-refractivity contribution in [1.82, 2.24) is 4.98 Å². The maximum absolute atomic E-state index is 12.6. The van der Waals surface area contributed by atoms with Gasteiger partial charge in [-0.2, -0.15) is 10.4 Å². The number of rotatable bonds is 11. The first kappa shape index (κ1) is 30.1. The molecule has 0 aliphatic carbocycles. The van der Waals surface area contributed by atoms with Crippen LogP contribution >= 0.6 is 31.9 Å². The number of hydrazone groups is 1. The predicted octanol–water partition coefficient (Wildman–Crippen LogP) is 6.41. The molecule has 0 aliphatic heterocycles. The lowest BCUT2D eigenvalue weighted by Crippen LogP contribution is -2.21. The summed E-state index contributed by atoms with van der Waals surface area (Å²) in [4.78, 5) is 17.0. The first-order valence-corrected chi connectivity index (χ1v) is 13.6. The Bertz CT molecular complexity index is 1440. The predicted molar refractivity (Wildman–Crippen MR) is 159 cm³/mol. The van der Waals surface area contributed by atoms with Crippen LogP contribution in [-0.4, -0.2) is 37.4 Å². The van der Waals surface area contributed by atoms with Gasteiger partial charge in [0.25, 0.3) is 5.91 Å². The number of nitriles is 1. The Morgan fingerprint density at radius 2 is 1.85 bits per heavy atom. The first-order chi connectivity index (χ1) is 18.7. The van der Waals surface area contributed by atoms with Crippen molar-refractivity contribution in [1.29, 1.82) is 5.26 Å². The smallest absolute Gasteiger partial charge is 0.262 e. The van der Waals surface area contributed by atoms with Crippen LogP contribution in [0.4, 0.5) is 11.5 Å². The van der Waals surface area contributed by atoms with Crippen molar-refractivity contribution in [3.8, 4) is 17.6 Å². The summed E-state index contributed by atoms with van der Waals surface area (Å²) in [5, 5.41) is 16.7. The van der Waals surface area contributed by atoms with Crippen LogP contribution in [0.25, 0.3) is 0 Å². The van der Waals surface area contributed by atoms with Crippen LogP contribution in [0.3, 0.4) is 0 Å². The number of carbonyl (C=O) groups is 1. The second-order valence-corrected chi connectivity index (χ2v) is 10.3. The van der Waals surface area contributed by atoms with E-state index in [1.807, 2.05) is 45.9 Å². The molecule has 0 atom stereocenters. The van der Waals surface area contributed by atoms with Crippen LogP contribution in [0.2, 0.25) is 0 Å². The number of anilines is 2. The van der Waals surface area contributed by atoms with Crippen molar-refractivity contribution in [2.75, 3.05) is 31.1 Å². The van der Waals surface area contributed by atoms with Crippen molar-refractivity contribution >= 4 is 55.5 Å². The molecule has 11 heteroatoms. The molecule has 0 aliphatic rings. The number of halogens is 2. The Balaban J connectivity index is 1.75. The van der Waals surface area contributed by atoms with Gasteiger partial charge >= 0.3 is 0 Å². The summed E-state index contributed by atoms with van der Waals surface area (Å²) in [6.07, 6.45) is 1.57. The van der Waals surface area contributed by atoms with Gasteiger partial charge in [0, 0.05) is 22.8 Å². The molecule has 1 heterocycles. The third-order valence-corrected chi connectivity index (χ3v) is 6.81. The van der Waals surface area contributed by atoms with Gasteiger partial charge in [0.1, 0.15) is 11.6 Å². The number of amides is 1. The number of aromatic nitrogens is 1. The Labute approximate surface area is 244 Å². The number of aryl methyl sites for hydroxylation is 3. The van der Waals surface area contributed by atoms with Gasteiger partial charge in [-0.05, 0) is 107 Å². The zero-order chi connectivity index (χ0) is 28.5. The van der Waals surface area contributed by atoms with E-state index in [9.17, 15) is 10.1 Å². The number of nitrogens with one attached hydrogen (secondary N) is 2. The molecule has 0 unspecified atom stereocenters. The van der Waals surface area contributed by atoms with E-state index in [2.05, 4.69) is 58.8 Å². The van der Waals surface area contributed by atoms with Gasteiger partial charge in [-0.3, -0.25) is 10.2 Å². The number of nitrogens with zero attached hydrogens (tertiary/aromatic N) is 3. The summed E-state index contributed by atoms with van der Waals surface area (Å²) in [5.41, 5.74) is 8.23. The van der Waals surface area contributed by atoms with Gasteiger partial charge in [-0.1, -0.05) is 0 Å². The fraction of sp³-hybridized carbons (Fsp3) is 0.286. The van der Waals surface area contributed by atoms with Crippen molar-refractivity contribution in [2.24, 2.45) is 5.10 Å². The largest absolute Gasteiger partial charge is 0.490 e. The number of hydrogen-bond donors (Lipinski definition) is 2.